The summed E-state index contributed by atoms with van der Waals surface area (Å²) in [6.45, 7) is 0. The highest BCUT2D eigenvalue weighted by atomic mass is 127. The SMILES string of the molecule is COc1cc(I)c(C(=O)Nc2cccc(OC3CCCC3)c2)cc1OC. The highest BCUT2D eigenvalue weighted by Gasteiger charge is 2.18. The lowest BCUT2D eigenvalue weighted by atomic mass is 10.1. The van der Waals surface area contributed by atoms with Crippen LogP contribution in [0.25, 0.3) is 0 Å². The zero-order chi connectivity index (χ0) is 18.5. The van der Waals surface area contributed by atoms with Crippen molar-refractivity contribution < 1.29 is 19.0 Å². The Labute approximate surface area is 167 Å². The first-order chi connectivity index (χ1) is 12.6. The van der Waals surface area contributed by atoms with Crippen molar-refractivity contribution in [2.75, 3.05) is 19.5 Å². The first-order valence-corrected chi connectivity index (χ1v) is 9.68. The van der Waals surface area contributed by atoms with Crippen LogP contribution in [0.5, 0.6) is 17.2 Å². The van der Waals surface area contributed by atoms with Crippen molar-refractivity contribution in [2.45, 2.75) is 31.8 Å². The molecule has 0 atom stereocenters. The van der Waals surface area contributed by atoms with Crippen molar-refractivity contribution in [3.05, 3.63) is 45.5 Å². The van der Waals surface area contributed by atoms with Gasteiger partial charge in [-0.25, -0.2) is 0 Å². The van der Waals surface area contributed by atoms with E-state index < -0.39 is 0 Å². The smallest absolute Gasteiger partial charge is 0.256 e. The Morgan fingerprint density at radius 2 is 1.77 bits per heavy atom. The number of rotatable bonds is 6. The molecule has 1 fully saturated rings. The molecule has 0 heterocycles. The Kier molecular flexibility index (Phi) is 6.24. The molecule has 0 radical (unpaired) electrons. The van der Waals surface area contributed by atoms with E-state index in [-0.39, 0.29) is 12.0 Å². The topological polar surface area (TPSA) is 56.8 Å². The molecule has 2 aromatic rings. The van der Waals surface area contributed by atoms with Crippen molar-refractivity contribution in [2.24, 2.45) is 0 Å². The minimum Gasteiger partial charge on any atom is -0.493 e. The van der Waals surface area contributed by atoms with Gasteiger partial charge in [0.2, 0.25) is 0 Å². The lowest BCUT2D eigenvalue weighted by Crippen LogP contribution is -2.14. The Morgan fingerprint density at radius 1 is 1.08 bits per heavy atom. The van der Waals surface area contributed by atoms with E-state index in [0.29, 0.717) is 22.7 Å². The van der Waals surface area contributed by atoms with Crippen LogP contribution in [0.4, 0.5) is 5.69 Å². The van der Waals surface area contributed by atoms with Crippen molar-refractivity contribution in [3.63, 3.8) is 0 Å². The van der Waals surface area contributed by atoms with Gasteiger partial charge in [0.05, 0.1) is 25.9 Å². The summed E-state index contributed by atoms with van der Waals surface area (Å²) in [7, 11) is 3.12. The molecule has 2 aromatic carbocycles. The van der Waals surface area contributed by atoms with Gasteiger partial charge in [-0.2, -0.15) is 0 Å². The maximum absolute atomic E-state index is 12.7. The van der Waals surface area contributed by atoms with Gasteiger partial charge < -0.3 is 19.5 Å². The van der Waals surface area contributed by atoms with Crippen LogP contribution in [0.2, 0.25) is 0 Å². The van der Waals surface area contributed by atoms with Gasteiger partial charge in [-0.1, -0.05) is 6.07 Å². The van der Waals surface area contributed by atoms with Crippen LogP contribution in [-0.2, 0) is 0 Å². The van der Waals surface area contributed by atoms with E-state index in [4.69, 9.17) is 14.2 Å². The summed E-state index contributed by atoms with van der Waals surface area (Å²) in [6.07, 6.45) is 4.92. The van der Waals surface area contributed by atoms with E-state index in [1.165, 1.54) is 12.8 Å². The second kappa shape index (κ2) is 8.62. The number of ether oxygens (including phenoxy) is 3. The van der Waals surface area contributed by atoms with Gasteiger partial charge in [0.15, 0.2) is 11.5 Å². The maximum Gasteiger partial charge on any atom is 0.256 e. The molecule has 26 heavy (non-hydrogen) atoms. The molecule has 1 aliphatic carbocycles. The summed E-state index contributed by atoms with van der Waals surface area (Å²) in [6, 6.07) is 11.0. The van der Waals surface area contributed by atoms with Gasteiger partial charge in [0.25, 0.3) is 5.91 Å². The fraction of sp³-hybridized carbons (Fsp3) is 0.350. The number of methoxy groups -OCH3 is 2. The largest absolute Gasteiger partial charge is 0.493 e. The Bertz CT molecular complexity index is 787. The van der Waals surface area contributed by atoms with Crippen molar-refractivity contribution in [3.8, 4) is 17.2 Å². The molecule has 0 unspecified atom stereocenters. The van der Waals surface area contributed by atoms with Crippen LogP contribution in [-0.4, -0.2) is 26.2 Å². The van der Waals surface area contributed by atoms with Crippen LogP contribution >= 0.6 is 22.6 Å². The van der Waals surface area contributed by atoms with Gasteiger partial charge in [0.1, 0.15) is 5.75 Å². The summed E-state index contributed by atoms with van der Waals surface area (Å²) < 4.78 is 17.4. The van der Waals surface area contributed by atoms with Crippen LogP contribution in [0.3, 0.4) is 0 Å². The lowest BCUT2D eigenvalue weighted by molar-refractivity contribution is 0.102. The van der Waals surface area contributed by atoms with Crippen LogP contribution in [0.15, 0.2) is 36.4 Å². The Balaban J connectivity index is 1.75. The lowest BCUT2D eigenvalue weighted by Gasteiger charge is -2.15. The second-order valence-electron chi connectivity index (χ2n) is 6.19. The number of carbonyl (C=O) groups excluding carboxylic acids is 1. The fourth-order valence-electron chi connectivity index (χ4n) is 3.07. The number of hydrogen-bond acceptors (Lipinski definition) is 4. The van der Waals surface area contributed by atoms with Crippen molar-refractivity contribution >= 4 is 34.2 Å². The number of nitrogens with one attached hydrogen (secondary N) is 1. The average Bonchev–Trinajstić information content (AvgIpc) is 3.14. The number of benzene rings is 2. The van der Waals surface area contributed by atoms with E-state index >= 15 is 0 Å². The van der Waals surface area contributed by atoms with Gasteiger partial charge in [0, 0.05) is 15.3 Å². The van der Waals surface area contributed by atoms with Crippen molar-refractivity contribution in [1.29, 1.82) is 0 Å². The van der Waals surface area contributed by atoms with E-state index in [9.17, 15) is 4.79 Å². The molecule has 5 nitrogen and oxygen atoms in total. The van der Waals surface area contributed by atoms with Crippen LogP contribution < -0.4 is 19.5 Å². The van der Waals surface area contributed by atoms with E-state index in [2.05, 4.69) is 27.9 Å². The monoisotopic (exact) mass is 467 g/mol. The standard InChI is InChI=1S/C20H22INO4/c1-24-18-11-16(17(21)12-19(18)25-2)20(23)22-13-6-5-9-15(10-13)26-14-7-3-4-8-14/h5-6,9-12,14H,3-4,7-8H2,1-2H3,(H,22,23). The number of carbonyl (C=O) groups is 1. The zero-order valence-corrected chi connectivity index (χ0v) is 17.0. The quantitative estimate of drug-likeness (QED) is 0.616. The number of hydrogen-bond donors (Lipinski definition) is 1. The highest BCUT2D eigenvalue weighted by Crippen LogP contribution is 2.32. The first kappa shape index (κ1) is 18.8. The normalized spacial score (nSPS) is 14.1. The Hall–Kier alpha value is -1.96. The molecule has 3 rings (SSSR count). The summed E-state index contributed by atoms with van der Waals surface area (Å²) in [5.74, 6) is 1.71. The molecular formula is C20H22INO4. The van der Waals surface area contributed by atoms with Crippen LogP contribution in [0, 0.1) is 3.57 Å². The predicted molar refractivity (Wildman–Crippen MR) is 110 cm³/mol. The molecular weight excluding hydrogens is 445 g/mol. The molecule has 1 aliphatic rings. The van der Waals surface area contributed by atoms with E-state index in [1.807, 2.05) is 24.3 Å². The minimum absolute atomic E-state index is 0.201. The Morgan fingerprint density at radius 3 is 2.46 bits per heavy atom. The molecule has 1 N–H and O–H groups in total. The third kappa shape index (κ3) is 4.41. The van der Waals surface area contributed by atoms with Crippen LogP contribution in [0.1, 0.15) is 36.0 Å². The third-order valence-corrected chi connectivity index (χ3v) is 5.31. The van der Waals surface area contributed by atoms with E-state index in [0.717, 1.165) is 22.2 Å². The van der Waals surface area contributed by atoms with Gasteiger partial charge in [-0.15, -0.1) is 0 Å². The molecule has 1 amide bonds. The highest BCUT2D eigenvalue weighted by molar-refractivity contribution is 14.1. The third-order valence-electron chi connectivity index (χ3n) is 4.41. The molecule has 1 saturated carbocycles. The zero-order valence-electron chi connectivity index (χ0n) is 14.9. The molecule has 0 saturated heterocycles. The molecule has 6 heteroatoms. The second-order valence-corrected chi connectivity index (χ2v) is 7.36. The number of anilines is 1. The molecule has 0 bridgehead atoms. The predicted octanol–water partition coefficient (Wildman–Crippen LogP) is 4.88. The number of halogens is 1. The van der Waals surface area contributed by atoms with Gasteiger partial charge >= 0.3 is 0 Å². The summed E-state index contributed by atoms with van der Waals surface area (Å²) in [5.41, 5.74) is 1.24. The molecule has 0 aromatic heterocycles. The summed E-state index contributed by atoms with van der Waals surface area (Å²) in [4.78, 5) is 12.7. The first-order valence-electron chi connectivity index (χ1n) is 8.60. The minimum atomic E-state index is -0.201. The number of amides is 1. The molecule has 0 spiro atoms. The van der Waals surface area contributed by atoms with Crippen molar-refractivity contribution in [1.82, 2.24) is 0 Å². The molecule has 138 valence electrons. The van der Waals surface area contributed by atoms with Gasteiger partial charge in [-0.3, -0.25) is 4.79 Å². The molecule has 0 aliphatic heterocycles. The summed E-state index contributed by atoms with van der Waals surface area (Å²) >= 11 is 2.12. The van der Waals surface area contributed by atoms with E-state index in [1.54, 1.807) is 26.4 Å². The maximum atomic E-state index is 12.7. The van der Waals surface area contributed by atoms with Gasteiger partial charge in [-0.05, 0) is 72.5 Å². The summed E-state index contributed by atoms with van der Waals surface area (Å²) in [5, 5.41) is 2.93. The fourth-order valence-corrected chi connectivity index (χ4v) is 3.76. The average molecular weight is 467 g/mol.